The smallest absolute Gasteiger partial charge is 0.243 e. The van der Waals surface area contributed by atoms with Crippen molar-refractivity contribution in [3.63, 3.8) is 0 Å². The van der Waals surface area contributed by atoms with E-state index in [1.54, 1.807) is 59.7 Å². The fraction of sp³-hybridized carbons (Fsp3) is 0.517. The second-order valence-corrected chi connectivity index (χ2v) is 28.8. The molecule has 0 aromatic heterocycles. The molecule has 6 aromatic carbocycles. The SMILES string of the molecule is CCONc1c2ccccc2c(N=O)c2cc(S(=O)(=O)N3CCCCCC3)ccc12.CCONc1c2ccccc2c(N=O)c2ccc(S(=O)(=O)N3CCCCCC3)cc12.CS(=O)(=O)N1CCCCCC1.CS(=O)(=O)N1CCCCCC1. The van der Waals surface area contributed by atoms with Crippen LogP contribution in [0.1, 0.15) is 117 Å². The van der Waals surface area contributed by atoms with Crippen LogP contribution in [0.3, 0.4) is 0 Å². The zero-order chi connectivity index (χ0) is 58.9. The van der Waals surface area contributed by atoms with Crippen LogP contribution in [-0.4, -0.2) is 129 Å². The Morgan fingerprint density at radius 1 is 0.378 bits per heavy atom. The molecule has 10 rings (SSSR count). The fourth-order valence-corrected chi connectivity index (χ4v) is 15.8. The van der Waals surface area contributed by atoms with E-state index >= 15 is 0 Å². The third kappa shape index (κ3) is 16.1. The standard InChI is InChI=1S/2C22H25N3O4S.2C7H15NO2S/c1-2-29-24-22-18-10-6-5-9-17(18)21(23-26)20-15-16(11-12-19(20)22)30(27,28)25-13-7-3-4-8-14-25;1-2-29-24-22-18-10-6-5-9-17(18)21(23-26)19-12-11-16(15-20(19)22)30(27,28)25-13-7-3-4-8-14-25;2*1-11(9,10)8-6-4-2-3-5-7-8/h2*5-6,9-12,15,24H,2-4,7-8,13-14H2,1H3;2*2-7H2,1H3. The molecule has 0 amide bonds. The normalized spacial score (nSPS) is 17.8. The molecule has 20 nitrogen and oxygen atoms in total. The minimum Gasteiger partial charge on any atom is -0.276 e. The van der Waals surface area contributed by atoms with Gasteiger partial charge in [0, 0.05) is 95.4 Å². The van der Waals surface area contributed by atoms with E-state index in [1.807, 2.05) is 56.3 Å². The summed E-state index contributed by atoms with van der Waals surface area (Å²) in [5.41, 5.74) is 7.75. The lowest BCUT2D eigenvalue weighted by Gasteiger charge is -2.21. The van der Waals surface area contributed by atoms with Gasteiger partial charge in [0.15, 0.2) is 0 Å². The highest BCUT2D eigenvalue weighted by atomic mass is 32.2. The highest BCUT2D eigenvalue weighted by Crippen LogP contribution is 2.44. The number of nitroso groups, excluding NO2 is 2. The lowest BCUT2D eigenvalue weighted by Crippen LogP contribution is -2.31. The lowest BCUT2D eigenvalue weighted by atomic mass is 9.99. The Hall–Kier alpha value is -5.28. The van der Waals surface area contributed by atoms with Gasteiger partial charge in [-0.1, -0.05) is 112 Å². The summed E-state index contributed by atoms with van der Waals surface area (Å²) in [5, 5.41) is 11.8. The Bertz CT molecular complexity index is 3550. The highest BCUT2D eigenvalue weighted by molar-refractivity contribution is 7.89. The van der Waals surface area contributed by atoms with E-state index in [2.05, 4.69) is 21.3 Å². The molecular weight excluding hydrogens is 1130 g/mol. The number of hydrogen-bond donors (Lipinski definition) is 2. The Kier molecular flexibility index (Phi) is 23.5. The number of nitrogens with one attached hydrogen (secondary N) is 2. The number of benzene rings is 6. The van der Waals surface area contributed by atoms with Crippen LogP contribution in [0.2, 0.25) is 0 Å². The van der Waals surface area contributed by atoms with Crippen molar-refractivity contribution in [2.75, 3.05) is 89.0 Å². The van der Waals surface area contributed by atoms with Gasteiger partial charge < -0.3 is 0 Å². The van der Waals surface area contributed by atoms with Crippen molar-refractivity contribution in [2.24, 2.45) is 10.4 Å². The maximum absolute atomic E-state index is 13.3. The Morgan fingerprint density at radius 3 is 1.00 bits per heavy atom. The summed E-state index contributed by atoms with van der Waals surface area (Å²) in [6.45, 7) is 9.59. The van der Waals surface area contributed by atoms with Crippen molar-refractivity contribution >= 4 is 106 Å². The van der Waals surface area contributed by atoms with Crippen LogP contribution in [0.25, 0.3) is 43.1 Å². The molecule has 0 atom stereocenters. The molecule has 2 N–H and O–H groups in total. The molecular formula is C58H80N8O12S4. The molecule has 0 bridgehead atoms. The quantitative estimate of drug-likeness (QED) is 0.0585. The molecule has 82 heavy (non-hydrogen) atoms. The zero-order valence-corrected chi connectivity index (χ0v) is 50.9. The Balaban J connectivity index is 0.000000174. The topological polar surface area (TPSA) is 251 Å². The van der Waals surface area contributed by atoms with Gasteiger partial charge in [0.1, 0.15) is 11.4 Å². The Labute approximate surface area is 484 Å². The molecule has 4 aliphatic rings. The van der Waals surface area contributed by atoms with Gasteiger partial charge in [-0.3, -0.25) is 20.6 Å². The molecule has 0 unspecified atom stereocenters. The maximum atomic E-state index is 13.3. The van der Waals surface area contributed by atoms with Gasteiger partial charge in [-0.2, -0.15) is 8.61 Å². The first-order valence-corrected chi connectivity index (χ1v) is 35.2. The van der Waals surface area contributed by atoms with Crippen molar-refractivity contribution in [2.45, 2.75) is 126 Å². The van der Waals surface area contributed by atoms with E-state index in [-0.39, 0.29) is 15.5 Å². The lowest BCUT2D eigenvalue weighted by molar-refractivity contribution is 0.211. The number of nitrogens with zero attached hydrogens (tertiary/aromatic N) is 6. The van der Waals surface area contributed by atoms with E-state index in [9.17, 15) is 43.5 Å². The summed E-state index contributed by atoms with van der Waals surface area (Å²) in [6.07, 6.45) is 19.0. The van der Waals surface area contributed by atoms with E-state index in [1.165, 1.54) is 38.2 Å². The van der Waals surface area contributed by atoms with Gasteiger partial charge in [0.25, 0.3) is 0 Å². The minimum absolute atomic E-state index is 0.180. The first-order chi connectivity index (χ1) is 39.4. The van der Waals surface area contributed by atoms with E-state index in [0.29, 0.717) is 88.8 Å². The van der Waals surface area contributed by atoms with Crippen LogP contribution in [0.15, 0.2) is 105 Å². The number of anilines is 2. The van der Waals surface area contributed by atoms with Crippen LogP contribution >= 0.6 is 0 Å². The molecule has 4 fully saturated rings. The molecule has 24 heteroatoms. The molecule has 0 saturated carbocycles. The molecule has 4 aliphatic heterocycles. The van der Waals surface area contributed by atoms with Crippen LogP contribution in [-0.2, 0) is 49.8 Å². The van der Waals surface area contributed by atoms with Gasteiger partial charge in [-0.25, -0.2) is 42.3 Å². The summed E-state index contributed by atoms with van der Waals surface area (Å²) in [5.74, 6) is 0. The first-order valence-electron chi connectivity index (χ1n) is 28.7. The molecule has 0 radical (unpaired) electrons. The number of hydrogen-bond acceptors (Lipinski definition) is 16. The highest BCUT2D eigenvalue weighted by Gasteiger charge is 2.29. The van der Waals surface area contributed by atoms with Crippen LogP contribution in [0.4, 0.5) is 22.7 Å². The first kappa shape index (κ1) is 64.3. The largest absolute Gasteiger partial charge is 0.276 e. The van der Waals surface area contributed by atoms with Crippen LogP contribution < -0.4 is 11.0 Å². The van der Waals surface area contributed by atoms with E-state index < -0.39 is 40.1 Å². The molecule has 4 saturated heterocycles. The third-order valence-electron chi connectivity index (χ3n) is 15.2. The predicted molar refractivity (Wildman–Crippen MR) is 329 cm³/mol. The van der Waals surface area contributed by atoms with Crippen LogP contribution in [0.5, 0.6) is 0 Å². The summed E-state index contributed by atoms with van der Waals surface area (Å²) in [4.78, 5) is 34.8. The zero-order valence-electron chi connectivity index (χ0n) is 47.7. The van der Waals surface area contributed by atoms with E-state index in [4.69, 9.17) is 9.68 Å². The second kappa shape index (κ2) is 30.0. The molecule has 448 valence electrons. The van der Waals surface area contributed by atoms with Crippen molar-refractivity contribution in [3.8, 4) is 0 Å². The van der Waals surface area contributed by atoms with Crippen molar-refractivity contribution in [1.29, 1.82) is 0 Å². The van der Waals surface area contributed by atoms with Gasteiger partial charge in [-0.05, 0) is 99.8 Å². The predicted octanol–water partition coefficient (Wildman–Crippen LogP) is 12.3. The third-order valence-corrected chi connectivity index (χ3v) is 21.6. The van der Waals surface area contributed by atoms with Gasteiger partial charge in [0.2, 0.25) is 40.1 Å². The molecule has 4 heterocycles. The summed E-state index contributed by atoms with van der Waals surface area (Å²) < 4.78 is 104. The number of rotatable bonds is 14. The van der Waals surface area contributed by atoms with E-state index in [0.717, 1.165) is 114 Å². The average Bonchev–Trinajstić information content (AvgIpc) is 4.20. The molecule has 0 aliphatic carbocycles. The second-order valence-electron chi connectivity index (χ2n) is 21.0. The maximum Gasteiger partial charge on any atom is 0.243 e. The van der Waals surface area contributed by atoms with Gasteiger partial charge in [0.05, 0.1) is 46.9 Å². The van der Waals surface area contributed by atoms with Crippen molar-refractivity contribution in [3.05, 3.63) is 94.7 Å². The number of fused-ring (bicyclic) bond motifs is 4. The summed E-state index contributed by atoms with van der Waals surface area (Å²) in [7, 11) is -13.1. The Morgan fingerprint density at radius 2 is 0.659 bits per heavy atom. The van der Waals surface area contributed by atoms with Crippen LogP contribution in [0, 0.1) is 9.81 Å². The van der Waals surface area contributed by atoms with Gasteiger partial charge in [-0.15, -0.1) is 9.81 Å². The average molecular weight is 1210 g/mol. The summed E-state index contributed by atoms with van der Waals surface area (Å²) in [6, 6.07) is 24.5. The monoisotopic (exact) mass is 1210 g/mol. The fourth-order valence-electron chi connectivity index (χ4n) is 10.9. The minimum atomic E-state index is -3.65. The van der Waals surface area contributed by atoms with Crippen molar-refractivity contribution in [1.82, 2.24) is 17.2 Å². The number of sulfonamides is 4. The van der Waals surface area contributed by atoms with Crippen molar-refractivity contribution < 1.29 is 43.3 Å². The summed E-state index contributed by atoms with van der Waals surface area (Å²) >= 11 is 0. The van der Waals surface area contributed by atoms with Gasteiger partial charge >= 0.3 is 0 Å². The molecule has 0 spiro atoms. The molecule has 6 aromatic rings.